The minimum absolute atomic E-state index is 0.183. The van der Waals surface area contributed by atoms with E-state index in [0.29, 0.717) is 17.7 Å². The first-order valence-electron chi connectivity index (χ1n) is 5.90. The van der Waals surface area contributed by atoms with Gasteiger partial charge in [0, 0.05) is 37.0 Å². The van der Waals surface area contributed by atoms with Gasteiger partial charge < -0.3 is 0 Å². The van der Waals surface area contributed by atoms with Gasteiger partial charge in [0.15, 0.2) is 9.84 Å². The van der Waals surface area contributed by atoms with Crippen LogP contribution in [0.25, 0.3) is 0 Å². The van der Waals surface area contributed by atoms with E-state index in [-0.39, 0.29) is 4.90 Å². The average Bonchev–Trinajstić information content (AvgIpc) is 2.40. The first kappa shape index (κ1) is 14.2. The smallest absolute Gasteiger partial charge is 0.177 e. The molecule has 0 aliphatic heterocycles. The van der Waals surface area contributed by atoms with Crippen molar-refractivity contribution >= 4 is 9.84 Å². The molecule has 102 valence electrons. The Bertz CT molecular complexity index is 792. The predicted octanol–water partition coefficient (Wildman–Crippen LogP) is 1.65. The van der Waals surface area contributed by atoms with Crippen LogP contribution >= 0.6 is 0 Å². The molecule has 0 spiro atoms. The van der Waals surface area contributed by atoms with E-state index in [9.17, 15) is 8.42 Å². The van der Waals surface area contributed by atoms with Gasteiger partial charge in [0.25, 0.3) is 0 Å². The van der Waals surface area contributed by atoms with Gasteiger partial charge in [-0.2, -0.15) is 5.26 Å². The van der Waals surface area contributed by atoms with Crippen LogP contribution in [0.2, 0.25) is 0 Å². The molecule has 0 amide bonds. The zero-order valence-corrected chi connectivity index (χ0v) is 12.0. The number of nitrogens with zero attached hydrogens (tertiary/aromatic N) is 3. The van der Waals surface area contributed by atoms with Gasteiger partial charge >= 0.3 is 0 Å². The van der Waals surface area contributed by atoms with Crippen LogP contribution in [0.15, 0.2) is 35.6 Å². The van der Waals surface area contributed by atoms with Crippen molar-refractivity contribution in [3.8, 4) is 6.07 Å². The van der Waals surface area contributed by atoms with Crippen molar-refractivity contribution in [3.05, 3.63) is 53.1 Å². The summed E-state index contributed by atoms with van der Waals surface area (Å²) in [6.07, 6.45) is 6.14. The first-order chi connectivity index (χ1) is 9.40. The zero-order chi connectivity index (χ0) is 14.8. The van der Waals surface area contributed by atoms with Crippen LogP contribution in [0.1, 0.15) is 22.4 Å². The summed E-state index contributed by atoms with van der Waals surface area (Å²) in [7, 11) is -3.27. The molecular formula is C14H13N3O2S. The van der Waals surface area contributed by atoms with Crippen LogP contribution in [0.5, 0.6) is 0 Å². The second kappa shape index (κ2) is 5.39. The SMILES string of the molecule is Cc1cnc(Cc2cncc(S(C)(=O)=O)c2)cc1C#N. The van der Waals surface area contributed by atoms with E-state index < -0.39 is 9.84 Å². The fourth-order valence-electron chi connectivity index (χ4n) is 1.76. The Kier molecular flexibility index (Phi) is 3.81. The molecule has 0 saturated heterocycles. The number of aromatic nitrogens is 2. The van der Waals surface area contributed by atoms with Gasteiger partial charge in [0.2, 0.25) is 0 Å². The summed E-state index contributed by atoms with van der Waals surface area (Å²) in [5.41, 5.74) is 2.84. The van der Waals surface area contributed by atoms with E-state index in [1.165, 1.54) is 6.20 Å². The number of nitriles is 1. The lowest BCUT2D eigenvalue weighted by Gasteiger charge is -2.05. The lowest BCUT2D eigenvalue weighted by Crippen LogP contribution is -2.01. The Morgan fingerprint density at radius 2 is 2.00 bits per heavy atom. The molecule has 0 saturated carbocycles. The first-order valence-corrected chi connectivity index (χ1v) is 7.79. The van der Waals surface area contributed by atoms with Crippen LogP contribution in [0.4, 0.5) is 0 Å². The largest absolute Gasteiger partial charge is 0.263 e. The predicted molar refractivity (Wildman–Crippen MR) is 73.8 cm³/mol. The molecule has 0 radical (unpaired) electrons. The van der Waals surface area contributed by atoms with Crippen LogP contribution in [-0.2, 0) is 16.3 Å². The molecule has 5 nitrogen and oxygen atoms in total. The number of hydrogen-bond acceptors (Lipinski definition) is 5. The zero-order valence-electron chi connectivity index (χ0n) is 11.2. The van der Waals surface area contributed by atoms with Crippen LogP contribution in [0.3, 0.4) is 0 Å². The summed E-state index contributed by atoms with van der Waals surface area (Å²) in [4.78, 5) is 8.36. The number of rotatable bonds is 3. The highest BCUT2D eigenvalue weighted by Crippen LogP contribution is 2.14. The molecule has 0 aliphatic rings. The molecule has 20 heavy (non-hydrogen) atoms. The maximum Gasteiger partial charge on any atom is 0.177 e. The van der Waals surface area contributed by atoms with Crippen molar-refractivity contribution in [1.82, 2.24) is 9.97 Å². The molecule has 2 rings (SSSR count). The number of pyridine rings is 2. The van der Waals surface area contributed by atoms with E-state index >= 15 is 0 Å². The fourth-order valence-corrected chi connectivity index (χ4v) is 2.37. The summed E-state index contributed by atoms with van der Waals surface area (Å²) >= 11 is 0. The Labute approximate surface area is 117 Å². The molecule has 0 N–H and O–H groups in total. The Hall–Kier alpha value is -2.26. The third-order valence-corrected chi connectivity index (χ3v) is 3.94. The maximum atomic E-state index is 11.5. The highest BCUT2D eigenvalue weighted by atomic mass is 32.2. The Morgan fingerprint density at radius 3 is 2.65 bits per heavy atom. The Balaban J connectivity index is 2.34. The fraction of sp³-hybridized carbons (Fsp3) is 0.214. The molecular weight excluding hydrogens is 274 g/mol. The number of aryl methyl sites for hydroxylation is 1. The highest BCUT2D eigenvalue weighted by molar-refractivity contribution is 7.90. The average molecular weight is 287 g/mol. The van der Waals surface area contributed by atoms with E-state index in [4.69, 9.17) is 5.26 Å². The summed E-state index contributed by atoms with van der Waals surface area (Å²) in [6.45, 7) is 1.82. The van der Waals surface area contributed by atoms with Gasteiger partial charge in [0.05, 0.1) is 16.5 Å². The quantitative estimate of drug-likeness (QED) is 0.857. The Morgan fingerprint density at radius 1 is 1.25 bits per heavy atom. The van der Waals surface area contributed by atoms with Crippen molar-refractivity contribution in [2.75, 3.05) is 6.26 Å². The molecule has 2 aromatic heterocycles. The van der Waals surface area contributed by atoms with Gasteiger partial charge in [0.1, 0.15) is 0 Å². The van der Waals surface area contributed by atoms with Gasteiger partial charge in [-0.05, 0) is 30.2 Å². The van der Waals surface area contributed by atoms with Gasteiger partial charge in [-0.1, -0.05) is 0 Å². The van der Waals surface area contributed by atoms with Crippen molar-refractivity contribution in [2.24, 2.45) is 0 Å². The molecule has 0 bridgehead atoms. The van der Waals surface area contributed by atoms with Crippen LogP contribution in [-0.4, -0.2) is 24.6 Å². The molecule has 2 heterocycles. The van der Waals surface area contributed by atoms with Crippen LogP contribution < -0.4 is 0 Å². The molecule has 0 aromatic carbocycles. The third kappa shape index (κ3) is 3.19. The highest BCUT2D eigenvalue weighted by Gasteiger charge is 2.09. The molecule has 0 aliphatic carbocycles. The van der Waals surface area contributed by atoms with Gasteiger partial charge in [-0.25, -0.2) is 8.42 Å². The molecule has 0 atom stereocenters. The van der Waals surface area contributed by atoms with E-state index in [0.717, 1.165) is 17.4 Å². The normalized spacial score (nSPS) is 11.1. The lowest BCUT2D eigenvalue weighted by molar-refractivity contribution is 0.601. The van der Waals surface area contributed by atoms with Gasteiger partial charge in [-0.15, -0.1) is 0 Å². The maximum absolute atomic E-state index is 11.5. The minimum Gasteiger partial charge on any atom is -0.263 e. The third-order valence-electron chi connectivity index (χ3n) is 2.86. The second-order valence-corrected chi connectivity index (χ2v) is 6.60. The van der Waals surface area contributed by atoms with Crippen molar-refractivity contribution in [2.45, 2.75) is 18.2 Å². The minimum atomic E-state index is -3.27. The second-order valence-electron chi connectivity index (χ2n) is 4.58. The number of hydrogen-bond donors (Lipinski definition) is 0. The lowest BCUT2D eigenvalue weighted by atomic mass is 10.1. The monoisotopic (exact) mass is 287 g/mol. The van der Waals surface area contributed by atoms with Crippen molar-refractivity contribution in [1.29, 1.82) is 5.26 Å². The van der Waals surface area contributed by atoms with E-state index in [2.05, 4.69) is 16.0 Å². The summed E-state index contributed by atoms with van der Waals surface area (Å²) in [6, 6.07) is 5.40. The van der Waals surface area contributed by atoms with Crippen molar-refractivity contribution < 1.29 is 8.42 Å². The van der Waals surface area contributed by atoms with Crippen LogP contribution in [0, 0.1) is 18.3 Å². The molecule has 2 aromatic rings. The molecule has 6 heteroatoms. The van der Waals surface area contributed by atoms with E-state index in [1.807, 2.05) is 6.92 Å². The van der Waals surface area contributed by atoms with Crippen molar-refractivity contribution in [3.63, 3.8) is 0 Å². The molecule has 0 fully saturated rings. The number of sulfone groups is 1. The summed E-state index contributed by atoms with van der Waals surface area (Å²) in [5, 5.41) is 8.99. The standard InChI is InChI=1S/C14H13N3O2S/c1-10-7-17-13(5-12(10)6-15)3-11-4-14(9-16-8-11)20(2,18)19/h4-5,7-9H,3H2,1-2H3. The topological polar surface area (TPSA) is 83.7 Å². The molecule has 0 unspecified atom stereocenters. The summed E-state index contributed by atoms with van der Waals surface area (Å²) in [5.74, 6) is 0. The van der Waals surface area contributed by atoms with E-state index in [1.54, 1.807) is 24.5 Å². The summed E-state index contributed by atoms with van der Waals surface area (Å²) < 4.78 is 23.0. The van der Waals surface area contributed by atoms with Gasteiger partial charge in [-0.3, -0.25) is 9.97 Å².